The highest BCUT2D eigenvalue weighted by Crippen LogP contribution is 2.28. The standard InChI is InChI=1S/C23H23F2N7O.2H2/c1-14(17-6-5-15(24)10-19(17)25)29-21-11-20(18-12-28-32-9-3-8-27-22(18)32)30-23(31-21)33-13-16-4-2-7-26-16;;/h3,5-6,8-12,14,16,26H,2,4,7,13H2,1H3,(H,29,30,31);2*1H/t14-,16?;;/m0../s1. The number of halogens is 2. The molecule has 0 bridgehead atoms. The average Bonchev–Trinajstić information content (AvgIpc) is 3.47. The summed E-state index contributed by atoms with van der Waals surface area (Å²) in [7, 11) is 0. The van der Waals surface area contributed by atoms with Crippen molar-refractivity contribution >= 4 is 11.5 Å². The molecular formula is C23H27F2N7O. The van der Waals surface area contributed by atoms with E-state index in [-0.39, 0.29) is 14.9 Å². The molecule has 1 unspecified atom stereocenters. The van der Waals surface area contributed by atoms with E-state index in [9.17, 15) is 8.78 Å². The molecule has 0 saturated carbocycles. The molecule has 1 aliphatic heterocycles. The summed E-state index contributed by atoms with van der Waals surface area (Å²) in [6.45, 7) is 3.19. The highest BCUT2D eigenvalue weighted by atomic mass is 19.1. The Balaban J connectivity index is 0.00000171. The molecule has 2 atom stereocenters. The topological polar surface area (TPSA) is 89.3 Å². The summed E-state index contributed by atoms with van der Waals surface area (Å²) in [6.07, 6.45) is 7.30. The Bertz CT molecular complexity index is 1280. The van der Waals surface area contributed by atoms with Crippen LogP contribution < -0.4 is 15.4 Å². The summed E-state index contributed by atoms with van der Waals surface area (Å²) in [5.41, 5.74) is 2.25. The largest absolute Gasteiger partial charge is 0.462 e. The molecule has 0 amide bonds. The fourth-order valence-corrected chi connectivity index (χ4v) is 3.94. The van der Waals surface area contributed by atoms with Crippen LogP contribution in [0.4, 0.5) is 14.6 Å². The highest BCUT2D eigenvalue weighted by molar-refractivity contribution is 5.75. The maximum Gasteiger partial charge on any atom is 0.318 e. The van der Waals surface area contributed by atoms with Gasteiger partial charge in [-0.1, -0.05) is 6.07 Å². The van der Waals surface area contributed by atoms with E-state index in [0.717, 1.165) is 25.5 Å². The van der Waals surface area contributed by atoms with Crippen LogP contribution in [-0.4, -0.2) is 43.8 Å². The Hall–Kier alpha value is -3.66. The second-order valence-electron chi connectivity index (χ2n) is 8.00. The van der Waals surface area contributed by atoms with E-state index in [1.807, 2.05) is 0 Å². The third kappa shape index (κ3) is 4.61. The van der Waals surface area contributed by atoms with Crippen LogP contribution in [0.2, 0.25) is 0 Å². The number of nitrogens with zero attached hydrogens (tertiary/aromatic N) is 5. The highest BCUT2D eigenvalue weighted by Gasteiger charge is 2.19. The molecule has 33 heavy (non-hydrogen) atoms. The van der Waals surface area contributed by atoms with E-state index in [4.69, 9.17) is 4.74 Å². The molecule has 1 saturated heterocycles. The van der Waals surface area contributed by atoms with Gasteiger partial charge in [0.05, 0.1) is 23.5 Å². The second kappa shape index (κ2) is 9.07. The lowest BCUT2D eigenvalue weighted by atomic mass is 10.1. The number of benzene rings is 1. The van der Waals surface area contributed by atoms with Crippen molar-refractivity contribution in [1.82, 2.24) is 29.9 Å². The van der Waals surface area contributed by atoms with Crippen LogP contribution in [0.1, 0.15) is 34.2 Å². The number of hydrogen-bond donors (Lipinski definition) is 2. The first-order valence-corrected chi connectivity index (χ1v) is 10.8. The van der Waals surface area contributed by atoms with Crippen molar-refractivity contribution in [2.45, 2.75) is 31.8 Å². The van der Waals surface area contributed by atoms with Crippen molar-refractivity contribution in [3.05, 3.63) is 66.1 Å². The molecule has 0 spiro atoms. The molecule has 0 radical (unpaired) electrons. The molecular weight excluding hydrogens is 428 g/mol. The van der Waals surface area contributed by atoms with Gasteiger partial charge >= 0.3 is 6.01 Å². The monoisotopic (exact) mass is 455 g/mol. The summed E-state index contributed by atoms with van der Waals surface area (Å²) in [6, 6.07) is 7.03. The number of anilines is 1. The molecule has 5 rings (SSSR count). The maximum absolute atomic E-state index is 14.3. The summed E-state index contributed by atoms with van der Waals surface area (Å²) >= 11 is 0. The first-order valence-electron chi connectivity index (χ1n) is 10.8. The zero-order valence-corrected chi connectivity index (χ0v) is 18.0. The zero-order valence-electron chi connectivity index (χ0n) is 18.0. The molecule has 1 fully saturated rings. The molecule has 1 aliphatic rings. The molecule has 1 aromatic carbocycles. The van der Waals surface area contributed by atoms with Gasteiger partial charge in [0.15, 0.2) is 5.65 Å². The van der Waals surface area contributed by atoms with Crippen molar-refractivity contribution in [2.24, 2.45) is 0 Å². The van der Waals surface area contributed by atoms with E-state index in [1.165, 1.54) is 12.1 Å². The molecule has 10 heteroatoms. The third-order valence-corrected chi connectivity index (χ3v) is 5.63. The molecule has 174 valence electrons. The van der Waals surface area contributed by atoms with Crippen molar-refractivity contribution in [2.75, 3.05) is 18.5 Å². The van der Waals surface area contributed by atoms with Gasteiger partial charge in [-0.05, 0) is 38.4 Å². The Morgan fingerprint density at radius 2 is 2.21 bits per heavy atom. The Kier molecular flexibility index (Phi) is 5.82. The summed E-state index contributed by atoms with van der Waals surface area (Å²) in [4.78, 5) is 13.5. The van der Waals surface area contributed by atoms with Gasteiger partial charge in [0, 0.05) is 39.0 Å². The van der Waals surface area contributed by atoms with E-state index in [2.05, 4.69) is 30.7 Å². The van der Waals surface area contributed by atoms with Crippen molar-refractivity contribution in [3.63, 3.8) is 0 Å². The Labute approximate surface area is 192 Å². The lowest BCUT2D eigenvalue weighted by molar-refractivity contribution is 0.257. The lowest BCUT2D eigenvalue weighted by Gasteiger charge is -2.17. The summed E-state index contributed by atoms with van der Waals surface area (Å²) in [5.74, 6) is -0.801. The van der Waals surface area contributed by atoms with Crippen LogP contribution in [0, 0.1) is 11.6 Å². The summed E-state index contributed by atoms with van der Waals surface area (Å²) in [5, 5.41) is 10.9. The van der Waals surface area contributed by atoms with E-state index < -0.39 is 17.7 Å². The van der Waals surface area contributed by atoms with Gasteiger partial charge in [-0.25, -0.2) is 18.3 Å². The van der Waals surface area contributed by atoms with Gasteiger partial charge in [0.1, 0.15) is 24.1 Å². The lowest BCUT2D eigenvalue weighted by Crippen LogP contribution is -2.28. The fraction of sp³-hybridized carbons (Fsp3) is 0.304. The van der Waals surface area contributed by atoms with Crippen LogP contribution in [0.5, 0.6) is 6.01 Å². The summed E-state index contributed by atoms with van der Waals surface area (Å²) < 4.78 is 35.2. The van der Waals surface area contributed by atoms with Crippen LogP contribution in [-0.2, 0) is 0 Å². The van der Waals surface area contributed by atoms with Gasteiger partial charge in [-0.15, -0.1) is 0 Å². The molecule has 2 N–H and O–H groups in total. The van der Waals surface area contributed by atoms with Gasteiger partial charge in [-0.2, -0.15) is 15.1 Å². The minimum absolute atomic E-state index is 0. The van der Waals surface area contributed by atoms with Crippen molar-refractivity contribution in [1.29, 1.82) is 0 Å². The van der Waals surface area contributed by atoms with Crippen molar-refractivity contribution < 1.29 is 16.4 Å². The van der Waals surface area contributed by atoms with Gasteiger partial charge in [0.2, 0.25) is 0 Å². The maximum atomic E-state index is 14.3. The van der Waals surface area contributed by atoms with Crippen LogP contribution in [0.25, 0.3) is 16.9 Å². The average molecular weight is 456 g/mol. The number of rotatable bonds is 7. The molecule has 3 aromatic heterocycles. The normalized spacial score (nSPS) is 16.8. The van der Waals surface area contributed by atoms with Crippen LogP contribution in [0.15, 0.2) is 48.9 Å². The third-order valence-electron chi connectivity index (χ3n) is 5.63. The predicted octanol–water partition coefficient (Wildman–Crippen LogP) is 4.26. The van der Waals surface area contributed by atoms with Gasteiger partial charge in [-0.3, -0.25) is 0 Å². The smallest absolute Gasteiger partial charge is 0.318 e. The van der Waals surface area contributed by atoms with Crippen molar-refractivity contribution in [3.8, 4) is 17.3 Å². The predicted molar refractivity (Wildman–Crippen MR) is 123 cm³/mol. The van der Waals surface area contributed by atoms with Crippen LogP contribution >= 0.6 is 0 Å². The quantitative estimate of drug-likeness (QED) is 0.430. The van der Waals surface area contributed by atoms with Crippen LogP contribution in [0.3, 0.4) is 0 Å². The SMILES string of the molecule is C[C@H](Nc1cc(-c2cnn3cccnc23)nc(OCC2CCCN2)n1)c1ccc(F)cc1F.[HH].[HH]. The first-order chi connectivity index (χ1) is 16.1. The fourth-order valence-electron chi connectivity index (χ4n) is 3.94. The molecule has 4 aromatic rings. The first kappa shape index (κ1) is 21.2. The zero-order chi connectivity index (χ0) is 22.8. The van der Waals surface area contributed by atoms with E-state index in [1.54, 1.807) is 42.2 Å². The number of hydrogen-bond acceptors (Lipinski definition) is 7. The minimum Gasteiger partial charge on any atom is -0.462 e. The molecule has 4 heterocycles. The second-order valence-corrected chi connectivity index (χ2v) is 8.00. The van der Waals surface area contributed by atoms with Gasteiger partial charge < -0.3 is 15.4 Å². The number of nitrogens with one attached hydrogen (secondary N) is 2. The van der Waals surface area contributed by atoms with E-state index in [0.29, 0.717) is 34.9 Å². The van der Waals surface area contributed by atoms with Gasteiger partial charge in [0.25, 0.3) is 0 Å². The number of fused-ring (bicyclic) bond motifs is 1. The molecule has 0 aliphatic carbocycles. The Morgan fingerprint density at radius 1 is 1.30 bits per heavy atom. The minimum atomic E-state index is -0.625. The number of ether oxygens (including phenoxy) is 1. The van der Waals surface area contributed by atoms with E-state index >= 15 is 0 Å². The molecule has 8 nitrogen and oxygen atoms in total. The Morgan fingerprint density at radius 3 is 3.03 bits per heavy atom. The number of aromatic nitrogens is 5.